The maximum absolute atomic E-state index is 13.8. The second-order valence-electron chi connectivity index (χ2n) is 8.72. The van der Waals surface area contributed by atoms with Gasteiger partial charge in [-0.15, -0.1) is 11.3 Å². The predicted octanol–water partition coefficient (Wildman–Crippen LogP) is 5.45. The summed E-state index contributed by atoms with van der Waals surface area (Å²) in [4.78, 5) is 29.9. The van der Waals surface area contributed by atoms with E-state index in [1.165, 1.54) is 22.6 Å². The normalized spacial score (nSPS) is 16.8. The number of anilines is 1. The zero-order valence-corrected chi connectivity index (χ0v) is 18.8. The molecule has 164 valence electrons. The van der Waals surface area contributed by atoms with E-state index in [9.17, 15) is 14.0 Å². The molecule has 0 spiro atoms. The monoisotopic (exact) mass is 448 g/mol. The largest absolute Gasteiger partial charge is 0.334 e. The van der Waals surface area contributed by atoms with Crippen molar-refractivity contribution in [2.45, 2.75) is 44.6 Å². The van der Waals surface area contributed by atoms with Crippen molar-refractivity contribution in [1.82, 2.24) is 4.90 Å². The topological polar surface area (TPSA) is 49.4 Å². The molecular weight excluding hydrogens is 423 g/mol. The van der Waals surface area contributed by atoms with Crippen molar-refractivity contribution in [3.63, 3.8) is 0 Å². The van der Waals surface area contributed by atoms with Gasteiger partial charge in [-0.05, 0) is 78.6 Å². The lowest BCUT2D eigenvalue weighted by Gasteiger charge is -2.41. The van der Waals surface area contributed by atoms with E-state index in [1.54, 1.807) is 17.4 Å². The minimum Gasteiger partial charge on any atom is -0.334 e. The second-order valence-corrected chi connectivity index (χ2v) is 9.72. The Morgan fingerprint density at radius 1 is 1.12 bits per heavy atom. The zero-order chi connectivity index (χ0) is 22.3. The lowest BCUT2D eigenvalue weighted by atomic mass is 9.63. The Kier molecular flexibility index (Phi) is 5.33. The highest BCUT2D eigenvalue weighted by atomic mass is 32.1. The highest BCUT2D eigenvalue weighted by molar-refractivity contribution is 7.10. The molecule has 2 amide bonds. The van der Waals surface area contributed by atoms with Crippen LogP contribution >= 0.6 is 11.3 Å². The Labute approximate surface area is 191 Å². The van der Waals surface area contributed by atoms with Crippen molar-refractivity contribution in [1.29, 1.82) is 0 Å². The highest BCUT2D eigenvalue weighted by Gasteiger charge is 2.46. The molecule has 1 N–H and O–H groups in total. The van der Waals surface area contributed by atoms with Crippen LogP contribution in [0.3, 0.4) is 0 Å². The number of amides is 2. The van der Waals surface area contributed by atoms with Crippen LogP contribution in [0.4, 0.5) is 10.1 Å². The number of halogens is 1. The van der Waals surface area contributed by atoms with Gasteiger partial charge in [0.15, 0.2) is 0 Å². The molecule has 3 aromatic rings. The summed E-state index contributed by atoms with van der Waals surface area (Å²) < 4.78 is 13.8. The number of carbonyl (C=O) groups is 2. The lowest BCUT2D eigenvalue weighted by molar-refractivity contribution is -0.124. The van der Waals surface area contributed by atoms with Gasteiger partial charge < -0.3 is 10.2 Å². The first-order valence-corrected chi connectivity index (χ1v) is 11.9. The highest BCUT2D eigenvalue weighted by Crippen LogP contribution is 2.45. The Morgan fingerprint density at radius 3 is 2.69 bits per heavy atom. The van der Waals surface area contributed by atoms with Crippen LogP contribution in [-0.2, 0) is 23.2 Å². The fraction of sp³-hybridized carbons (Fsp3) is 0.308. The lowest BCUT2D eigenvalue weighted by Crippen LogP contribution is -2.46. The summed E-state index contributed by atoms with van der Waals surface area (Å²) in [5, 5.41) is 5.13. The molecule has 6 heteroatoms. The summed E-state index contributed by atoms with van der Waals surface area (Å²) >= 11 is 1.75. The van der Waals surface area contributed by atoms with Crippen LogP contribution in [0.15, 0.2) is 53.9 Å². The predicted molar refractivity (Wildman–Crippen MR) is 125 cm³/mol. The minimum absolute atomic E-state index is 0.0149. The number of nitrogens with zero attached hydrogens (tertiary/aromatic N) is 1. The number of benzene rings is 2. The van der Waals surface area contributed by atoms with E-state index in [-0.39, 0.29) is 17.6 Å². The Morgan fingerprint density at radius 2 is 1.94 bits per heavy atom. The summed E-state index contributed by atoms with van der Waals surface area (Å²) in [5.74, 6) is -0.484. The maximum atomic E-state index is 13.8. The Bertz CT molecular complexity index is 1200. The second kappa shape index (κ2) is 8.17. The first-order valence-electron chi connectivity index (χ1n) is 11.0. The first kappa shape index (κ1) is 20.9. The van der Waals surface area contributed by atoms with Crippen LogP contribution < -0.4 is 5.32 Å². The van der Waals surface area contributed by atoms with Crippen molar-refractivity contribution >= 4 is 28.8 Å². The fourth-order valence-corrected chi connectivity index (χ4v) is 5.69. The molecule has 1 aliphatic heterocycles. The van der Waals surface area contributed by atoms with Crippen molar-refractivity contribution in [2.75, 3.05) is 11.9 Å². The van der Waals surface area contributed by atoms with Gasteiger partial charge in [0.05, 0.1) is 5.41 Å². The fourth-order valence-electron chi connectivity index (χ4n) is 4.80. The smallest absolute Gasteiger partial charge is 0.254 e. The van der Waals surface area contributed by atoms with Crippen LogP contribution in [0.25, 0.3) is 0 Å². The molecular formula is C26H25FN2O2S. The molecule has 2 heterocycles. The Hall–Kier alpha value is -2.99. The summed E-state index contributed by atoms with van der Waals surface area (Å²) in [6.45, 7) is 3.19. The Balaban J connectivity index is 1.38. The number of fused-ring (bicyclic) bond motifs is 1. The van der Waals surface area contributed by atoms with Gasteiger partial charge >= 0.3 is 0 Å². The summed E-state index contributed by atoms with van der Waals surface area (Å²) in [6.07, 6.45) is 3.19. The van der Waals surface area contributed by atoms with E-state index in [4.69, 9.17) is 0 Å². The average molecular weight is 449 g/mol. The van der Waals surface area contributed by atoms with Crippen LogP contribution in [0.2, 0.25) is 0 Å². The quantitative estimate of drug-likeness (QED) is 0.577. The summed E-state index contributed by atoms with van der Waals surface area (Å²) in [7, 11) is 0. The molecule has 1 aromatic heterocycles. The third kappa shape index (κ3) is 3.52. The van der Waals surface area contributed by atoms with E-state index in [2.05, 4.69) is 16.8 Å². The van der Waals surface area contributed by atoms with E-state index in [1.807, 2.05) is 36.1 Å². The molecule has 1 saturated carbocycles. The number of hydrogen-bond donors (Lipinski definition) is 1. The third-order valence-electron chi connectivity index (χ3n) is 6.93. The van der Waals surface area contributed by atoms with Crippen molar-refractivity contribution in [3.05, 3.63) is 86.9 Å². The molecule has 2 aromatic carbocycles. The third-order valence-corrected chi connectivity index (χ3v) is 7.95. The number of carbonyl (C=O) groups excluding carboxylic acids is 2. The number of nitrogens with one attached hydrogen (secondary N) is 1. The van der Waals surface area contributed by atoms with Crippen LogP contribution in [0, 0.1) is 12.7 Å². The van der Waals surface area contributed by atoms with Crippen molar-refractivity contribution in [2.24, 2.45) is 0 Å². The molecule has 0 saturated heterocycles. The van der Waals surface area contributed by atoms with Crippen LogP contribution in [-0.4, -0.2) is 23.3 Å². The van der Waals surface area contributed by atoms with Crippen LogP contribution in [0.1, 0.15) is 51.2 Å². The molecule has 0 atom stereocenters. The molecule has 1 aliphatic carbocycles. The van der Waals surface area contributed by atoms with Gasteiger partial charge in [-0.1, -0.05) is 24.6 Å². The molecule has 4 nitrogen and oxygen atoms in total. The molecule has 32 heavy (non-hydrogen) atoms. The SMILES string of the molecule is Cc1c(NC(=O)C2(c3cccc(F)c3)CCC2)cccc1C(=O)N1CCc2sccc2C1. The molecule has 0 bridgehead atoms. The minimum atomic E-state index is -0.712. The van der Waals surface area contributed by atoms with E-state index in [0.717, 1.165) is 18.4 Å². The zero-order valence-electron chi connectivity index (χ0n) is 18.0. The van der Waals surface area contributed by atoms with Gasteiger partial charge in [0.2, 0.25) is 5.91 Å². The van der Waals surface area contributed by atoms with E-state index >= 15 is 0 Å². The van der Waals surface area contributed by atoms with Gasteiger partial charge in [-0.3, -0.25) is 9.59 Å². The van der Waals surface area contributed by atoms with E-state index in [0.29, 0.717) is 42.7 Å². The van der Waals surface area contributed by atoms with Crippen molar-refractivity contribution in [3.8, 4) is 0 Å². The number of rotatable bonds is 4. The molecule has 2 aliphatic rings. The molecule has 1 fully saturated rings. The van der Waals surface area contributed by atoms with E-state index < -0.39 is 5.41 Å². The molecule has 0 unspecified atom stereocenters. The van der Waals surface area contributed by atoms with Crippen LogP contribution in [0.5, 0.6) is 0 Å². The number of hydrogen-bond acceptors (Lipinski definition) is 3. The van der Waals surface area contributed by atoms with Gasteiger partial charge in [0, 0.05) is 29.2 Å². The molecule has 5 rings (SSSR count). The maximum Gasteiger partial charge on any atom is 0.254 e. The summed E-state index contributed by atoms with van der Waals surface area (Å²) in [6, 6.07) is 13.9. The van der Waals surface area contributed by atoms with Gasteiger partial charge in [-0.25, -0.2) is 4.39 Å². The molecule has 0 radical (unpaired) electrons. The van der Waals surface area contributed by atoms with Gasteiger partial charge in [-0.2, -0.15) is 0 Å². The number of thiophene rings is 1. The standard InChI is InChI=1S/C26H25FN2O2S/c1-17-21(24(30)29-13-9-23-18(16-29)10-14-32-23)7-3-8-22(17)28-25(31)26(11-4-12-26)19-5-2-6-20(27)15-19/h2-3,5-8,10,14-15H,4,9,11-13,16H2,1H3,(H,28,31). The first-order chi connectivity index (χ1) is 15.5. The van der Waals surface area contributed by atoms with Gasteiger partial charge in [0.1, 0.15) is 5.82 Å². The van der Waals surface area contributed by atoms with Crippen molar-refractivity contribution < 1.29 is 14.0 Å². The average Bonchev–Trinajstić information content (AvgIpc) is 3.22. The van der Waals surface area contributed by atoms with Gasteiger partial charge in [0.25, 0.3) is 5.91 Å². The summed E-state index contributed by atoms with van der Waals surface area (Å²) in [5.41, 5.74) is 3.23.